The molecule has 0 saturated heterocycles. The summed E-state index contributed by atoms with van der Waals surface area (Å²) in [5.74, 6) is 1.77. The Labute approximate surface area is 228 Å². The Morgan fingerprint density at radius 3 is 2.55 bits per heavy atom. The highest BCUT2D eigenvalue weighted by molar-refractivity contribution is 6.45. The monoisotopic (exact) mass is 535 g/mol. The van der Waals surface area contributed by atoms with Gasteiger partial charge in [0.15, 0.2) is 5.78 Å². The van der Waals surface area contributed by atoms with Crippen LogP contribution in [0.5, 0.6) is 0 Å². The highest BCUT2D eigenvalue weighted by Gasteiger charge is 2.60. The van der Waals surface area contributed by atoms with Crippen molar-refractivity contribution in [3.05, 3.63) is 62.7 Å². The van der Waals surface area contributed by atoms with E-state index < -0.39 is 4.92 Å². The van der Waals surface area contributed by atoms with E-state index in [1.54, 1.807) is 23.2 Å². The van der Waals surface area contributed by atoms with E-state index in [1.807, 2.05) is 0 Å². The number of carbonyl (C=O) groups is 2. The quantitative estimate of drug-likeness (QED) is 0.316. The zero-order chi connectivity index (χ0) is 27.0. The molecule has 200 valence electrons. The summed E-state index contributed by atoms with van der Waals surface area (Å²) in [6.45, 7) is 6.25. The highest BCUT2D eigenvalue weighted by Crippen LogP contribution is 2.67. The van der Waals surface area contributed by atoms with Crippen molar-refractivity contribution in [2.24, 2.45) is 39.6 Å². The number of nitro groups is 1. The fraction of sp³-hybridized carbons (Fsp3) is 0.567. The minimum atomic E-state index is -0.404. The Bertz CT molecular complexity index is 1320. The zero-order valence-electron chi connectivity index (χ0n) is 22.2. The fourth-order valence-electron chi connectivity index (χ4n) is 8.94. The van der Waals surface area contributed by atoms with E-state index in [0.29, 0.717) is 35.1 Å². The van der Waals surface area contributed by atoms with Crippen LogP contribution in [-0.2, 0) is 9.59 Å². The molecule has 0 bridgehead atoms. The van der Waals surface area contributed by atoms with Crippen LogP contribution in [0.2, 0.25) is 0 Å². The number of amides is 1. The van der Waals surface area contributed by atoms with Gasteiger partial charge in [-0.3, -0.25) is 19.7 Å². The standard InChI is InChI=1S/C30H34ClN3O4/c1-17(35)33-26(18-4-6-19(7-5-18)34(37)38)16-25(32-33)23-11-10-21-20-8-9-24-28(31)27(36)13-15-30(24,3)22(20)12-14-29(21,23)2/h4-7,13,15,20-23,26H,8-12,14,16H2,1-3H3/t20-,21-,22-,23+,26?,29-,30+/m0/s1. The Balaban J connectivity index is 1.26. The molecule has 0 aromatic heterocycles. The maximum atomic E-state index is 12.6. The Kier molecular flexibility index (Phi) is 5.95. The number of ketones is 1. The van der Waals surface area contributed by atoms with E-state index >= 15 is 0 Å². The number of halogens is 1. The maximum Gasteiger partial charge on any atom is 0.269 e. The maximum absolute atomic E-state index is 12.6. The first-order valence-electron chi connectivity index (χ1n) is 13.8. The molecule has 7 atom stereocenters. The second kappa shape index (κ2) is 8.87. The SMILES string of the molecule is CC(=O)N1N=C([C@H]2CC[C@H]3[C@@H]4CCC5=C(Cl)C(=O)C=C[C@]5(C)[C@H]4CC[C@]23C)CC1c1ccc([N+](=O)[O-])cc1. The molecule has 3 saturated carbocycles. The van der Waals surface area contributed by atoms with E-state index in [9.17, 15) is 19.7 Å². The number of fused-ring (bicyclic) bond motifs is 5. The topological polar surface area (TPSA) is 92.9 Å². The summed E-state index contributed by atoms with van der Waals surface area (Å²) in [6, 6.07) is 6.29. The molecule has 0 N–H and O–H groups in total. The van der Waals surface area contributed by atoms with Gasteiger partial charge in [-0.05, 0) is 78.9 Å². The largest absolute Gasteiger partial charge is 0.288 e. The Morgan fingerprint density at radius 2 is 1.87 bits per heavy atom. The molecule has 3 fully saturated rings. The van der Waals surface area contributed by atoms with Gasteiger partial charge in [0.1, 0.15) is 0 Å². The summed E-state index contributed by atoms with van der Waals surface area (Å²) in [5, 5.41) is 18.1. The van der Waals surface area contributed by atoms with Gasteiger partial charge in [-0.1, -0.05) is 43.7 Å². The predicted octanol–water partition coefficient (Wildman–Crippen LogP) is 6.73. The van der Waals surface area contributed by atoms with Crippen LogP contribution >= 0.6 is 11.6 Å². The molecule has 1 unspecified atom stereocenters. The van der Waals surface area contributed by atoms with Crippen molar-refractivity contribution >= 4 is 34.7 Å². The number of nitrogens with zero attached hydrogens (tertiary/aromatic N) is 3. The minimum Gasteiger partial charge on any atom is -0.288 e. The van der Waals surface area contributed by atoms with Crippen LogP contribution in [0.15, 0.2) is 52.1 Å². The summed E-state index contributed by atoms with van der Waals surface area (Å²) >= 11 is 6.53. The first-order valence-corrected chi connectivity index (χ1v) is 14.2. The Hall–Kier alpha value is -2.80. The van der Waals surface area contributed by atoms with E-state index in [1.165, 1.54) is 19.1 Å². The van der Waals surface area contributed by atoms with E-state index in [0.717, 1.165) is 55.4 Å². The van der Waals surface area contributed by atoms with E-state index in [-0.39, 0.29) is 34.2 Å². The van der Waals surface area contributed by atoms with E-state index in [4.69, 9.17) is 16.7 Å². The highest BCUT2D eigenvalue weighted by atomic mass is 35.5. The summed E-state index contributed by atoms with van der Waals surface area (Å²) in [6.07, 6.45) is 10.8. The number of rotatable bonds is 3. The van der Waals surface area contributed by atoms with Crippen molar-refractivity contribution in [2.75, 3.05) is 0 Å². The number of hydrogen-bond donors (Lipinski definition) is 0. The molecule has 1 amide bonds. The second-order valence-corrected chi connectivity index (χ2v) is 12.8. The molecule has 7 nitrogen and oxygen atoms in total. The molecule has 8 heteroatoms. The summed E-state index contributed by atoms with van der Waals surface area (Å²) in [7, 11) is 0. The van der Waals surface area contributed by atoms with Gasteiger partial charge in [0.25, 0.3) is 5.69 Å². The number of allylic oxidation sites excluding steroid dienone is 4. The van der Waals surface area contributed by atoms with Crippen molar-refractivity contribution in [3.8, 4) is 0 Å². The lowest BCUT2D eigenvalue weighted by atomic mass is 9.47. The lowest BCUT2D eigenvalue weighted by Gasteiger charge is -2.57. The average Bonchev–Trinajstić information content (AvgIpc) is 3.48. The van der Waals surface area contributed by atoms with Crippen molar-refractivity contribution in [1.82, 2.24) is 5.01 Å². The van der Waals surface area contributed by atoms with Crippen LogP contribution in [0.3, 0.4) is 0 Å². The van der Waals surface area contributed by atoms with Crippen LogP contribution in [-0.4, -0.2) is 27.3 Å². The van der Waals surface area contributed by atoms with Crippen LogP contribution in [0.25, 0.3) is 0 Å². The number of carbonyl (C=O) groups excluding carboxylic acids is 2. The molecule has 1 aromatic rings. The first-order chi connectivity index (χ1) is 18.0. The molecular formula is C30H34ClN3O4. The third kappa shape index (κ3) is 3.64. The van der Waals surface area contributed by atoms with Crippen molar-refractivity contribution in [1.29, 1.82) is 0 Å². The van der Waals surface area contributed by atoms with Gasteiger partial charge >= 0.3 is 0 Å². The lowest BCUT2D eigenvalue weighted by molar-refractivity contribution is -0.384. The van der Waals surface area contributed by atoms with Crippen molar-refractivity contribution < 1.29 is 14.5 Å². The minimum absolute atomic E-state index is 0.0443. The van der Waals surface area contributed by atoms with Crippen molar-refractivity contribution in [2.45, 2.75) is 71.8 Å². The van der Waals surface area contributed by atoms with Gasteiger partial charge in [0.05, 0.1) is 16.0 Å². The third-order valence-corrected chi connectivity index (χ3v) is 11.2. The summed E-state index contributed by atoms with van der Waals surface area (Å²) < 4.78 is 0. The average molecular weight is 536 g/mol. The lowest BCUT2D eigenvalue weighted by Crippen LogP contribution is -2.50. The number of benzene rings is 1. The smallest absolute Gasteiger partial charge is 0.269 e. The molecular weight excluding hydrogens is 502 g/mol. The van der Waals surface area contributed by atoms with Crippen LogP contribution < -0.4 is 0 Å². The molecule has 5 aliphatic rings. The van der Waals surface area contributed by atoms with Gasteiger partial charge in [0.2, 0.25) is 5.91 Å². The molecule has 38 heavy (non-hydrogen) atoms. The first kappa shape index (κ1) is 25.5. The number of hydrazone groups is 1. The molecule has 1 aliphatic heterocycles. The number of non-ortho nitro benzene ring substituents is 1. The molecule has 4 aliphatic carbocycles. The molecule has 1 heterocycles. The third-order valence-electron chi connectivity index (χ3n) is 10.8. The van der Waals surface area contributed by atoms with Gasteiger partial charge in [0, 0.05) is 42.5 Å². The summed E-state index contributed by atoms with van der Waals surface area (Å²) in [4.78, 5) is 35.6. The van der Waals surface area contributed by atoms with Crippen LogP contribution in [0.4, 0.5) is 5.69 Å². The van der Waals surface area contributed by atoms with Gasteiger partial charge in [-0.2, -0.15) is 5.10 Å². The fourth-order valence-corrected chi connectivity index (χ4v) is 9.30. The normalized spacial score (nSPS) is 38.0. The van der Waals surface area contributed by atoms with Gasteiger partial charge in [-0.15, -0.1) is 0 Å². The molecule has 0 spiro atoms. The predicted molar refractivity (Wildman–Crippen MR) is 145 cm³/mol. The van der Waals surface area contributed by atoms with Crippen LogP contribution in [0.1, 0.15) is 77.3 Å². The number of hydrogen-bond acceptors (Lipinski definition) is 5. The number of nitro benzene ring substituents is 1. The molecule has 0 radical (unpaired) electrons. The van der Waals surface area contributed by atoms with Gasteiger partial charge in [-0.25, -0.2) is 5.01 Å². The molecule has 6 rings (SSSR count). The Morgan fingerprint density at radius 1 is 1.13 bits per heavy atom. The summed E-state index contributed by atoms with van der Waals surface area (Å²) in [5.41, 5.74) is 3.12. The zero-order valence-corrected chi connectivity index (χ0v) is 22.9. The molecule has 1 aromatic carbocycles. The second-order valence-electron chi connectivity index (χ2n) is 12.4. The van der Waals surface area contributed by atoms with Crippen LogP contribution in [0, 0.1) is 44.6 Å². The van der Waals surface area contributed by atoms with E-state index in [2.05, 4.69) is 19.9 Å². The van der Waals surface area contributed by atoms with Gasteiger partial charge < -0.3 is 0 Å². The van der Waals surface area contributed by atoms with Crippen molar-refractivity contribution in [3.63, 3.8) is 0 Å².